The van der Waals surface area contributed by atoms with Gasteiger partial charge in [-0.05, 0) is 11.4 Å². The maximum Gasteiger partial charge on any atom is 0.289 e. The minimum Gasteiger partial charge on any atom is -0.364 e. The van der Waals surface area contributed by atoms with Crippen molar-refractivity contribution in [2.24, 2.45) is 0 Å². The average molecular weight is 260 g/mol. The summed E-state index contributed by atoms with van der Waals surface area (Å²) in [5.41, 5.74) is -0.0195. The molecule has 0 saturated carbocycles. The number of pyridine rings is 1. The maximum absolute atomic E-state index is 10.6. The Bertz CT molecular complexity index is 604. The molecule has 0 bridgehead atoms. The average Bonchev–Trinajstić information content (AvgIpc) is 2.89. The van der Waals surface area contributed by atoms with Crippen LogP contribution in [0.25, 0.3) is 0 Å². The number of nitrogens with zero attached hydrogens (tertiary/aromatic N) is 3. The van der Waals surface area contributed by atoms with Crippen LogP contribution in [0.3, 0.4) is 0 Å². The summed E-state index contributed by atoms with van der Waals surface area (Å²) in [7, 11) is 0. The molecule has 0 unspecified atom stereocenters. The van der Waals surface area contributed by atoms with E-state index in [1.165, 1.54) is 6.07 Å². The normalized spacial score (nSPS) is 9.72. The Morgan fingerprint density at radius 2 is 2.44 bits per heavy atom. The Morgan fingerprint density at radius 1 is 1.61 bits per heavy atom. The molecule has 0 saturated heterocycles. The molecular weight excluding hydrogens is 252 g/mol. The van der Waals surface area contributed by atoms with Crippen LogP contribution in [0.1, 0.15) is 10.4 Å². The summed E-state index contributed by atoms with van der Waals surface area (Å²) in [6.07, 6.45) is 1.14. The Morgan fingerprint density at radius 3 is 3.06 bits per heavy atom. The molecule has 0 amide bonds. The fourth-order valence-corrected chi connectivity index (χ4v) is 2.01. The van der Waals surface area contributed by atoms with Crippen LogP contribution in [0.4, 0.5) is 11.5 Å². The van der Waals surface area contributed by atoms with E-state index in [0.717, 1.165) is 11.1 Å². The lowest BCUT2D eigenvalue weighted by molar-refractivity contribution is -0.385. The van der Waals surface area contributed by atoms with Crippen LogP contribution >= 0.6 is 11.3 Å². The highest BCUT2D eigenvalue weighted by Gasteiger charge is 2.11. The molecule has 0 aliphatic carbocycles. The van der Waals surface area contributed by atoms with Gasteiger partial charge in [-0.2, -0.15) is 5.26 Å². The molecular formula is C11H8N4O2S. The second-order valence-corrected chi connectivity index (χ2v) is 4.42. The second kappa shape index (κ2) is 5.25. The highest BCUT2D eigenvalue weighted by atomic mass is 32.1. The number of hydrogen-bond acceptors (Lipinski definition) is 6. The van der Waals surface area contributed by atoms with Gasteiger partial charge in [0.15, 0.2) is 0 Å². The number of nitriles is 1. The van der Waals surface area contributed by atoms with Crippen molar-refractivity contribution >= 4 is 22.8 Å². The molecule has 7 heteroatoms. The zero-order valence-corrected chi connectivity index (χ0v) is 9.98. The van der Waals surface area contributed by atoms with Gasteiger partial charge in [-0.15, -0.1) is 11.3 Å². The van der Waals surface area contributed by atoms with E-state index in [0.29, 0.717) is 12.4 Å². The van der Waals surface area contributed by atoms with Crippen molar-refractivity contribution in [3.05, 3.63) is 50.3 Å². The molecule has 0 aromatic carbocycles. The van der Waals surface area contributed by atoms with Crippen LogP contribution in [0, 0.1) is 21.4 Å². The molecule has 2 aromatic heterocycles. The molecule has 2 heterocycles. The van der Waals surface area contributed by atoms with Crippen LogP contribution < -0.4 is 5.32 Å². The van der Waals surface area contributed by atoms with E-state index < -0.39 is 4.92 Å². The van der Waals surface area contributed by atoms with E-state index in [1.807, 2.05) is 23.6 Å². The largest absolute Gasteiger partial charge is 0.364 e. The lowest BCUT2D eigenvalue weighted by Crippen LogP contribution is -2.03. The fourth-order valence-electron chi connectivity index (χ4n) is 1.36. The first-order valence-corrected chi connectivity index (χ1v) is 5.89. The van der Waals surface area contributed by atoms with Crippen LogP contribution in [-0.2, 0) is 6.54 Å². The summed E-state index contributed by atoms with van der Waals surface area (Å²) >= 11 is 1.58. The third kappa shape index (κ3) is 2.61. The molecule has 90 valence electrons. The van der Waals surface area contributed by atoms with Gasteiger partial charge in [0.2, 0.25) is 0 Å². The Kier molecular flexibility index (Phi) is 3.50. The number of nitrogens with one attached hydrogen (secondary N) is 1. The lowest BCUT2D eigenvalue weighted by Gasteiger charge is -2.05. The number of aromatic nitrogens is 1. The third-order valence-corrected chi connectivity index (χ3v) is 3.09. The quantitative estimate of drug-likeness (QED) is 0.673. The smallest absolute Gasteiger partial charge is 0.289 e. The molecule has 0 fully saturated rings. The molecule has 2 aromatic rings. The molecule has 0 aliphatic heterocycles. The zero-order valence-electron chi connectivity index (χ0n) is 9.16. The van der Waals surface area contributed by atoms with E-state index >= 15 is 0 Å². The molecule has 0 spiro atoms. The van der Waals surface area contributed by atoms with E-state index in [4.69, 9.17) is 5.26 Å². The van der Waals surface area contributed by atoms with Gasteiger partial charge in [0.25, 0.3) is 5.69 Å². The first-order valence-electron chi connectivity index (χ1n) is 5.01. The number of thiophene rings is 1. The topological polar surface area (TPSA) is 91.8 Å². The van der Waals surface area contributed by atoms with E-state index in [2.05, 4.69) is 10.3 Å². The van der Waals surface area contributed by atoms with E-state index in [-0.39, 0.29) is 11.3 Å². The summed E-state index contributed by atoms with van der Waals surface area (Å²) in [6.45, 7) is 0.539. The van der Waals surface area contributed by atoms with Crippen LogP contribution in [0.5, 0.6) is 0 Å². The van der Waals surface area contributed by atoms with Gasteiger partial charge in [-0.25, -0.2) is 4.98 Å². The predicted octanol–water partition coefficient (Wildman–Crippen LogP) is 2.54. The van der Waals surface area contributed by atoms with Crippen LogP contribution in [0.15, 0.2) is 29.8 Å². The van der Waals surface area contributed by atoms with Crippen molar-refractivity contribution in [1.82, 2.24) is 4.98 Å². The lowest BCUT2D eigenvalue weighted by atomic mass is 10.2. The van der Waals surface area contributed by atoms with Gasteiger partial charge in [0, 0.05) is 10.9 Å². The number of nitro groups is 1. The molecule has 0 radical (unpaired) electrons. The number of rotatable bonds is 4. The highest BCUT2D eigenvalue weighted by Crippen LogP contribution is 2.19. The van der Waals surface area contributed by atoms with Crippen molar-refractivity contribution in [3.63, 3.8) is 0 Å². The first kappa shape index (κ1) is 12.0. The standard InChI is InChI=1S/C11H8N4O2S/c12-5-8-4-9(15(16)17)6-13-11(8)14-7-10-2-1-3-18-10/h1-4,6H,7H2,(H,13,14). The maximum atomic E-state index is 10.6. The summed E-state index contributed by atoms with van der Waals surface area (Å²) in [5.74, 6) is 0.358. The van der Waals surface area contributed by atoms with Crippen molar-refractivity contribution in [2.75, 3.05) is 5.32 Å². The highest BCUT2D eigenvalue weighted by molar-refractivity contribution is 7.09. The summed E-state index contributed by atoms with van der Waals surface area (Å²) in [5, 5.41) is 24.4. The van der Waals surface area contributed by atoms with Crippen molar-refractivity contribution < 1.29 is 4.92 Å². The van der Waals surface area contributed by atoms with Gasteiger partial charge in [-0.1, -0.05) is 6.07 Å². The van der Waals surface area contributed by atoms with E-state index in [9.17, 15) is 10.1 Å². The fraction of sp³-hybridized carbons (Fsp3) is 0.0909. The first-order chi connectivity index (χ1) is 8.70. The van der Waals surface area contributed by atoms with Gasteiger partial charge < -0.3 is 5.32 Å². The molecule has 0 aliphatic rings. The van der Waals surface area contributed by atoms with Crippen LogP contribution in [-0.4, -0.2) is 9.91 Å². The van der Waals surface area contributed by atoms with Gasteiger partial charge in [-0.3, -0.25) is 10.1 Å². The summed E-state index contributed by atoms with van der Waals surface area (Å²) < 4.78 is 0. The Labute approximate surface area is 107 Å². The van der Waals surface area contributed by atoms with E-state index in [1.54, 1.807) is 11.3 Å². The van der Waals surface area contributed by atoms with Gasteiger partial charge >= 0.3 is 0 Å². The minimum absolute atomic E-state index is 0.167. The molecule has 6 nitrogen and oxygen atoms in total. The van der Waals surface area contributed by atoms with Crippen molar-refractivity contribution in [2.45, 2.75) is 6.54 Å². The summed E-state index contributed by atoms with van der Waals surface area (Å²) in [6, 6.07) is 6.99. The zero-order chi connectivity index (χ0) is 13.0. The van der Waals surface area contributed by atoms with Gasteiger partial charge in [0.05, 0.1) is 11.5 Å². The second-order valence-electron chi connectivity index (χ2n) is 3.39. The SMILES string of the molecule is N#Cc1cc([N+](=O)[O-])cnc1NCc1cccs1. The van der Waals surface area contributed by atoms with Crippen molar-refractivity contribution in [3.8, 4) is 6.07 Å². The summed E-state index contributed by atoms with van der Waals surface area (Å²) in [4.78, 5) is 15.0. The number of hydrogen-bond donors (Lipinski definition) is 1. The van der Waals surface area contributed by atoms with Gasteiger partial charge in [0.1, 0.15) is 23.6 Å². The Balaban J connectivity index is 2.18. The molecule has 18 heavy (non-hydrogen) atoms. The Hall–Kier alpha value is -2.46. The molecule has 0 atom stereocenters. The molecule has 2 rings (SSSR count). The molecule has 1 N–H and O–H groups in total. The van der Waals surface area contributed by atoms with Crippen molar-refractivity contribution in [1.29, 1.82) is 5.26 Å². The predicted molar refractivity (Wildman–Crippen MR) is 67.3 cm³/mol. The van der Waals surface area contributed by atoms with Crippen LogP contribution in [0.2, 0.25) is 0 Å². The monoisotopic (exact) mass is 260 g/mol. The minimum atomic E-state index is -0.573. The number of anilines is 1. The third-order valence-electron chi connectivity index (χ3n) is 2.21.